The molecule has 6 nitrogen and oxygen atoms in total. The van der Waals surface area contributed by atoms with Crippen LogP contribution in [0.5, 0.6) is 0 Å². The van der Waals surface area contributed by atoms with Gasteiger partial charge in [-0.3, -0.25) is 9.59 Å². The van der Waals surface area contributed by atoms with Gasteiger partial charge in [0.1, 0.15) is 4.88 Å². The van der Waals surface area contributed by atoms with Crippen LogP contribution in [0.4, 0.5) is 5.13 Å². The second-order valence-electron chi connectivity index (χ2n) is 6.58. The summed E-state index contributed by atoms with van der Waals surface area (Å²) in [5.41, 5.74) is 0. The third-order valence-electron chi connectivity index (χ3n) is 4.90. The van der Waals surface area contributed by atoms with Gasteiger partial charge in [-0.15, -0.1) is 0 Å². The molecule has 0 bridgehead atoms. The van der Waals surface area contributed by atoms with Crippen molar-refractivity contribution in [2.75, 3.05) is 24.5 Å². The lowest BCUT2D eigenvalue weighted by molar-refractivity contribution is -0.143. The number of carboxylic acid groups (broad SMARTS) is 1. The predicted molar refractivity (Wildman–Crippen MR) is 94.0 cm³/mol. The Morgan fingerprint density at radius 3 is 2.54 bits per heavy atom. The highest BCUT2D eigenvalue weighted by Gasteiger charge is 2.27. The number of hydrogen-bond acceptors (Lipinski definition) is 5. The lowest BCUT2D eigenvalue weighted by Gasteiger charge is -2.26. The molecule has 2 fully saturated rings. The van der Waals surface area contributed by atoms with Gasteiger partial charge in [0, 0.05) is 19.6 Å². The summed E-state index contributed by atoms with van der Waals surface area (Å²) in [5, 5.41) is 13.1. The average Bonchev–Trinajstić information content (AvgIpc) is 3.22. The van der Waals surface area contributed by atoms with Crippen LogP contribution in [0, 0.1) is 11.8 Å². The van der Waals surface area contributed by atoms with Crippen molar-refractivity contribution in [1.29, 1.82) is 0 Å². The van der Waals surface area contributed by atoms with Gasteiger partial charge < -0.3 is 15.3 Å². The fourth-order valence-electron chi connectivity index (χ4n) is 3.41. The second kappa shape index (κ2) is 7.70. The molecule has 2 heterocycles. The first kappa shape index (κ1) is 17.5. The van der Waals surface area contributed by atoms with Crippen LogP contribution >= 0.6 is 22.9 Å². The number of halogens is 1. The molecule has 1 amide bonds. The molecular weight excluding hydrogens is 350 g/mol. The largest absolute Gasteiger partial charge is 0.481 e. The zero-order chi connectivity index (χ0) is 17.1. The number of nitrogens with zero attached hydrogens (tertiary/aromatic N) is 2. The molecule has 3 rings (SSSR count). The number of anilines is 1. The number of aliphatic carboxylic acids is 1. The van der Waals surface area contributed by atoms with E-state index in [1.54, 1.807) is 0 Å². The van der Waals surface area contributed by atoms with E-state index >= 15 is 0 Å². The number of nitrogens with one attached hydrogen (secondary N) is 1. The van der Waals surface area contributed by atoms with Crippen LogP contribution in [-0.2, 0) is 4.79 Å². The lowest BCUT2D eigenvalue weighted by atomic mass is 9.82. The van der Waals surface area contributed by atoms with E-state index in [1.165, 1.54) is 11.3 Å². The van der Waals surface area contributed by atoms with Gasteiger partial charge >= 0.3 is 5.97 Å². The van der Waals surface area contributed by atoms with E-state index < -0.39 is 5.97 Å². The highest BCUT2D eigenvalue weighted by Crippen LogP contribution is 2.32. The molecule has 132 valence electrons. The van der Waals surface area contributed by atoms with Gasteiger partial charge in [0.2, 0.25) is 0 Å². The van der Waals surface area contributed by atoms with E-state index in [9.17, 15) is 9.59 Å². The van der Waals surface area contributed by atoms with Crippen molar-refractivity contribution in [3.05, 3.63) is 10.0 Å². The minimum atomic E-state index is -0.705. The predicted octanol–water partition coefficient (Wildman–Crippen LogP) is 3.02. The summed E-state index contributed by atoms with van der Waals surface area (Å²) in [6.45, 7) is 2.51. The fraction of sp³-hybridized carbons (Fsp3) is 0.688. The molecule has 24 heavy (non-hydrogen) atoms. The van der Waals surface area contributed by atoms with Crippen molar-refractivity contribution in [3.63, 3.8) is 0 Å². The highest BCUT2D eigenvalue weighted by molar-refractivity contribution is 7.18. The van der Waals surface area contributed by atoms with Crippen molar-refractivity contribution in [2.45, 2.75) is 38.5 Å². The number of carbonyl (C=O) groups is 2. The molecule has 1 aliphatic carbocycles. The topological polar surface area (TPSA) is 82.5 Å². The Balaban J connectivity index is 1.51. The van der Waals surface area contributed by atoms with Crippen molar-refractivity contribution >= 4 is 39.9 Å². The van der Waals surface area contributed by atoms with Gasteiger partial charge in [-0.2, -0.15) is 0 Å². The molecule has 1 saturated heterocycles. The zero-order valence-electron chi connectivity index (χ0n) is 13.5. The maximum atomic E-state index is 12.4. The number of aromatic nitrogens is 1. The third kappa shape index (κ3) is 4.00. The molecule has 0 atom stereocenters. The monoisotopic (exact) mass is 371 g/mol. The summed E-state index contributed by atoms with van der Waals surface area (Å²) < 4.78 is 0. The van der Waals surface area contributed by atoms with Gasteiger partial charge in [-0.05, 0) is 44.4 Å². The van der Waals surface area contributed by atoms with Crippen molar-refractivity contribution in [1.82, 2.24) is 10.3 Å². The standard InChI is InChI=1S/C16H22ClN3O3S/c17-13-12(24-16(19-13)20-7-1-2-8-20)14(21)18-9-10-3-5-11(6-4-10)15(22)23/h10-11H,1-9H2,(H,18,21)(H,22,23). The highest BCUT2D eigenvalue weighted by atomic mass is 35.5. The first-order valence-corrected chi connectivity index (χ1v) is 9.66. The Hall–Kier alpha value is -1.34. The summed E-state index contributed by atoms with van der Waals surface area (Å²) in [5.74, 6) is -0.767. The van der Waals surface area contributed by atoms with Crippen LogP contribution in [0.1, 0.15) is 48.2 Å². The van der Waals surface area contributed by atoms with Gasteiger partial charge in [0.25, 0.3) is 5.91 Å². The second-order valence-corrected chi connectivity index (χ2v) is 7.91. The average molecular weight is 372 g/mol. The summed E-state index contributed by atoms with van der Waals surface area (Å²) in [6.07, 6.45) is 5.36. The molecule has 8 heteroatoms. The number of thiazole rings is 1. The van der Waals surface area contributed by atoms with Crippen molar-refractivity contribution in [3.8, 4) is 0 Å². The van der Waals surface area contributed by atoms with E-state index in [-0.39, 0.29) is 17.0 Å². The summed E-state index contributed by atoms with van der Waals surface area (Å²) in [6, 6.07) is 0. The maximum Gasteiger partial charge on any atom is 0.306 e. The Bertz CT molecular complexity index is 608. The van der Waals surface area contributed by atoms with Gasteiger partial charge in [0.05, 0.1) is 5.92 Å². The van der Waals surface area contributed by atoms with E-state index in [0.29, 0.717) is 30.2 Å². The fourth-order valence-corrected chi connectivity index (χ4v) is 4.66. The Kier molecular flexibility index (Phi) is 5.61. The molecule has 2 aliphatic rings. The smallest absolute Gasteiger partial charge is 0.306 e. The van der Waals surface area contributed by atoms with Crippen LogP contribution < -0.4 is 10.2 Å². The third-order valence-corrected chi connectivity index (χ3v) is 6.41. The van der Waals surface area contributed by atoms with Crippen LogP contribution in [-0.4, -0.2) is 41.6 Å². The molecule has 0 unspecified atom stereocenters. The number of amides is 1. The molecular formula is C16H22ClN3O3S. The number of rotatable bonds is 5. The minimum Gasteiger partial charge on any atom is -0.481 e. The zero-order valence-corrected chi connectivity index (χ0v) is 15.0. The number of hydrogen-bond donors (Lipinski definition) is 2. The summed E-state index contributed by atoms with van der Waals surface area (Å²) >= 11 is 7.49. The van der Waals surface area contributed by atoms with E-state index in [1.807, 2.05) is 0 Å². The molecule has 0 radical (unpaired) electrons. The van der Waals surface area contributed by atoms with Crippen molar-refractivity contribution < 1.29 is 14.7 Å². The molecule has 0 spiro atoms. The molecule has 1 aliphatic heterocycles. The first-order chi connectivity index (χ1) is 11.5. The molecule has 1 aromatic heterocycles. The maximum absolute atomic E-state index is 12.4. The quantitative estimate of drug-likeness (QED) is 0.831. The molecule has 1 aromatic rings. The van der Waals surface area contributed by atoms with Crippen LogP contribution in [0.2, 0.25) is 5.15 Å². The van der Waals surface area contributed by atoms with E-state index in [2.05, 4.69) is 15.2 Å². The lowest BCUT2D eigenvalue weighted by Crippen LogP contribution is -2.32. The Morgan fingerprint density at radius 2 is 1.92 bits per heavy atom. The van der Waals surface area contributed by atoms with Crippen LogP contribution in [0.3, 0.4) is 0 Å². The van der Waals surface area contributed by atoms with Crippen LogP contribution in [0.15, 0.2) is 0 Å². The van der Waals surface area contributed by atoms with Gasteiger partial charge in [0.15, 0.2) is 10.3 Å². The molecule has 2 N–H and O–H groups in total. The van der Waals surface area contributed by atoms with Gasteiger partial charge in [-0.1, -0.05) is 22.9 Å². The normalized spacial score (nSPS) is 24.1. The van der Waals surface area contributed by atoms with E-state index in [0.717, 1.165) is 43.9 Å². The molecule has 1 saturated carbocycles. The van der Waals surface area contributed by atoms with Crippen LogP contribution in [0.25, 0.3) is 0 Å². The van der Waals surface area contributed by atoms with Crippen molar-refractivity contribution in [2.24, 2.45) is 11.8 Å². The summed E-state index contributed by atoms with van der Waals surface area (Å²) in [4.78, 5) is 30.3. The Labute approximate surface area is 150 Å². The minimum absolute atomic E-state index is 0.177. The number of carboxylic acids is 1. The number of carbonyl (C=O) groups excluding carboxylic acids is 1. The molecule has 0 aromatic carbocycles. The van der Waals surface area contributed by atoms with E-state index in [4.69, 9.17) is 16.7 Å². The first-order valence-electron chi connectivity index (χ1n) is 8.47. The summed E-state index contributed by atoms with van der Waals surface area (Å²) in [7, 11) is 0. The van der Waals surface area contributed by atoms with Gasteiger partial charge in [-0.25, -0.2) is 4.98 Å². The SMILES string of the molecule is O=C(NCC1CCC(C(=O)O)CC1)c1sc(N2CCCC2)nc1Cl. The Morgan fingerprint density at radius 1 is 1.25 bits per heavy atom.